The molecule has 2 rings (SSSR count). The molecule has 0 atom stereocenters. The molecule has 1 saturated heterocycles. The van der Waals surface area contributed by atoms with Gasteiger partial charge in [0.25, 0.3) is 0 Å². The summed E-state index contributed by atoms with van der Waals surface area (Å²) in [6.07, 6.45) is 0. The third-order valence-corrected chi connectivity index (χ3v) is 14.8. The number of nitrogens with zero attached hydrogens (tertiary/aromatic N) is 1. The standard InChI is InChI=1S/C11H20NSSi2.BrH.Mg/c1-14(2)8-9-15(3,4)12(14)10-11-6-5-7-13-11;;/h5-6H,8-10H2,1-4H3;1H;/q-1;;+2/p-1. The second-order valence-corrected chi connectivity index (χ2v) is 16.5. The number of halogens is 1. The van der Waals surface area contributed by atoms with E-state index in [0.717, 1.165) is 0 Å². The molecular weight excluding hydrogens is 339 g/mol. The normalized spacial score (nSPS) is 21.6. The van der Waals surface area contributed by atoms with E-state index >= 15 is 0 Å². The van der Waals surface area contributed by atoms with Crippen molar-refractivity contribution in [1.29, 1.82) is 0 Å². The molecule has 0 spiro atoms. The molecular formula is C11H20BrMgNSSi2. The van der Waals surface area contributed by atoms with Gasteiger partial charge in [0.15, 0.2) is 0 Å². The van der Waals surface area contributed by atoms with Crippen LogP contribution in [0.1, 0.15) is 4.88 Å². The van der Waals surface area contributed by atoms with Crippen molar-refractivity contribution in [3.63, 3.8) is 0 Å². The first-order valence-corrected chi connectivity index (χ1v) is 12.8. The van der Waals surface area contributed by atoms with Gasteiger partial charge in [-0.05, 0) is 18.6 Å². The van der Waals surface area contributed by atoms with Crippen molar-refractivity contribution in [2.45, 2.75) is 44.8 Å². The fourth-order valence-corrected chi connectivity index (χ4v) is 17.3. The first kappa shape index (κ1) is 18.3. The average Bonchev–Trinajstić information content (AvgIpc) is 2.69. The first-order valence-electron chi connectivity index (χ1n) is 5.64. The number of thiophene rings is 1. The van der Waals surface area contributed by atoms with Gasteiger partial charge in [-0.3, -0.25) is 11.3 Å². The summed E-state index contributed by atoms with van der Waals surface area (Å²) in [6.45, 7) is 11.3. The van der Waals surface area contributed by atoms with Crippen LogP contribution < -0.4 is 17.0 Å². The van der Waals surface area contributed by atoms with Crippen LogP contribution in [0.3, 0.4) is 0 Å². The van der Waals surface area contributed by atoms with E-state index in [1.54, 1.807) is 11.3 Å². The molecule has 1 nitrogen and oxygen atoms in total. The molecule has 0 N–H and O–H groups in total. The Morgan fingerprint density at radius 1 is 1.24 bits per heavy atom. The first-order chi connectivity index (χ1) is 6.92. The predicted octanol–water partition coefficient (Wildman–Crippen LogP) is 0.397. The van der Waals surface area contributed by atoms with Gasteiger partial charge in [-0.25, -0.2) is 0 Å². The van der Waals surface area contributed by atoms with Crippen molar-refractivity contribution in [3.05, 3.63) is 22.4 Å². The van der Waals surface area contributed by atoms with E-state index in [4.69, 9.17) is 0 Å². The van der Waals surface area contributed by atoms with Crippen LogP contribution in [-0.4, -0.2) is 43.8 Å². The molecule has 0 radical (unpaired) electrons. The number of rotatable bonds is 2. The van der Waals surface area contributed by atoms with Gasteiger partial charge in [0.2, 0.25) is 0 Å². The quantitative estimate of drug-likeness (QED) is 0.546. The molecule has 92 valence electrons. The Kier molecular flexibility index (Phi) is 7.20. The SMILES string of the molecule is C[Si]1(C)CC[Si](C)(C)N1Cc1cc[c-]s1.[Br-].[Mg+2]. The third kappa shape index (κ3) is 4.15. The van der Waals surface area contributed by atoms with Crippen molar-refractivity contribution in [1.82, 2.24) is 4.23 Å². The summed E-state index contributed by atoms with van der Waals surface area (Å²) in [7, 11) is -2.15. The third-order valence-electron chi connectivity index (χ3n) is 3.65. The molecule has 6 heteroatoms. The van der Waals surface area contributed by atoms with Gasteiger partial charge in [-0.1, -0.05) is 26.2 Å². The molecule has 17 heavy (non-hydrogen) atoms. The molecule has 1 fully saturated rings. The van der Waals surface area contributed by atoms with Crippen LogP contribution in [0.15, 0.2) is 12.1 Å². The van der Waals surface area contributed by atoms with Crippen molar-refractivity contribution in [2.75, 3.05) is 0 Å². The minimum absolute atomic E-state index is 0. The molecule has 0 saturated carbocycles. The summed E-state index contributed by atoms with van der Waals surface area (Å²) in [4.78, 5) is 1.50. The van der Waals surface area contributed by atoms with Gasteiger partial charge in [0.1, 0.15) is 16.5 Å². The summed E-state index contributed by atoms with van der Waals surface area (Å²) in [5.41, 5.74) is 0. The molecule has 0 aliphatic carbocycles. The summed E-state index contributed by atoms with van der Waals surface area (Å²) >= 11 is 1.79. The second-order valence-electron chi connectivity index (χ2n) is 5.73. The fourth-order valence-electron chi connectivity index (χ4n) is 2.64. The van der Waals surface area contributed by atoms with Gasteiger partial charge in [0, 0.05) is 0 Å². The van der Waals surface area contributed by atoms with Crippen LogP contribution in [0.4, 0.5) is 0 Å². The minimum Gasteiger partial charge on any atom is -1.00 e. The van der Waals surface area contributed by atoms with Gasteiger partial charge in [-0.15, -0.1) is 10.3 Å². The van der Waals surface area contributed by atoms with Crippen LogP contribution >= 0.6 is 11.3 Å². The summed E-state index contributed by atoms with van der Waals surface area (Å²) in [5, 5.41) is 3.20. The Morgan fingerprint density at radius 3 is 2.18 bits per heavy atom. The minimum atomic E-state index is -1.07. The van der Waals surface area contributed by atoms with Gasteiger partial charge in [-0.2, -0.15) is 12.1 Å². The van der Waals surface area contributed by atoms with Crippen molar-refractivity contribution >= 4 is 50.9 Å². The van der Waals surface area contributed by atoms with Crippen LogP contribution in [0.2, 0.25) is 38.3 Å². The van der Waals surface area contributed by atoms with Crippen LogP contribution in [0, 0.1) is 5.38 Å². The Bertz CT molecular complexity index is 327. The molecule has 1 aliphatic rings. The summed E-state index contributed by atoms with van der Waals surface area (Å²) < 4.78 is 2.92. The molecule has 0 aromatic carbocycles. The van der Waals surface area contributed by atoms with Crippen molar-refractivity contribution < 1.29 is 17.0 Å². The van der Waals surface area contributed by atoms with E-state index in [1.807, 2.05) is 0 Å². The Morgan fingerprint density at radius 2 is 1.76 bits per heavy atom. The topological polar surface area (TPSA) is 3.24 Å². The van der Waals surface area contributed by atoms with E-state index in [9.17, 15) is 0 Å². The van der Waals surface area contributed by atoms with Crippen LogP contribution in [0.25, 0.3) is 0 Å². The second kappa shape index (κ2) is 6.67. The van der Waals surface area contributed by atoms with E-state index < -0.39 is 16.5 Å². The van der Waals surface area contributed by atoms with E-state index in [-0.39, 0.29) is 40.0 Å². The maximum absolute atomic E-state index is 3.20. The largest absolute Gasteiger partial charge is 2.00 e. The molecule has 0 bridgehead atoms. The van der Waals surface area contributed by atoms with Crippen LogP contribution in [0.5, 0.6) is 0 Å². The van der Waals surface area contributed by atoms with E-state index in [0.29, 0.717) is 0 Å². The maximum Gasteiger partial charge on any atom is 2.00 e. The summed E-state index contributed by atoms with van der Waals surface area (Å²) in [5.74, 6) is 0. The molecule has 0 amide bonds. The fraction of sp³-hybridized carbons (Fsp3) is 0.636. The molecule has 0 unspecified atom stereocenters. The van der Waals surface area contributed by atoms with Crippen LogP contribution in [-0.2, 0) is 6.54 Å². The van der Waals surface area contributed by atoms with Gasteiger partial charge >= 0.3 is 23.1 Å². The Balaban J connectivity index is 0.00000128. The molecule has 1 aliphatic heterocycles. The zero-order valence-electron chi connectivity index (χ0n) is 11.2. The van der Waals surface area contributed by atoms with Gasteiger partial charge in [0.05, 0.1) is 0 Å². The molecule has 2 heterocycles. The number of hydrogen-bond acceptors (Lipinski definition) is 2. The predicted molar refractivity (Wildman–Crippen MR) is 79.0 cm³/mol. The van der Waals surface area contributed by atoms with Crippen molar-refractivity contribution in [2.24, 2.45) is 0 Å². The Labute approximate surface area is 138 Å². The smallest absolute Gasteiger partial charge is 1.00 e. The molecule has 1 aromatic heterocycles. The zero-order valence-corrected chi connectivity index (χ0v) is 17.0. The maximum atomic E-state index is 3.20. The van der Waals surface area contributed by atoms with Gasteiger partial charge < -0.3 is 21.2 Å². The zero-order chi connectivity index (χ0) is 11.1. The van der Waals surface area contributed by atoms with Crippen molar-refractivity contribution in [3.8, 4) is 0 Å². The average molecular weight is 359 g/mol. The summed E-state index contributed by atoms with van der Waals surface area (Å²) in [6, 6.07) is 7.29. The monoisotopic (exact) mass is 357 g/mol. The Hall–Kier alpha value is 1.34. The van der Waals surface area contributed by atoms with E-state index in [2.05, 4.69) is 47.9 Å². The molecule has 1 aromatic rings. The number of hydrogen-bond donors (Lipinski definition) is 0. The van der Waals surface area contributed by atoms with E-state index in [1.165, 1.54) is 23.5 Å².